The summed E-state index contributed by atoms with van der Waals surface area (Å²) in [5.74, 6) is 3.65. The van der Waals surface area contributed by atoms with Gasteiger partial charge in [0.15, 0.2) is 5.82 Å². The molecule has 108 valence electrons. The number of hydrogen-bond donors (Lipinski definition) is 1. The summed E-state index contributed by atoms with van der Waals surface area (Å²) in [6, 6.07) is 2.19. The van der Waals surface area contributed by atoms with Crippen LogP contribution in [-0.4, -0.2) is 28.7 Å². The van der Waals surface area contributed by atoms with E-state index < -0.39 is 0 Å². The van der Waals surface area contributed by atoms with Crippen molar-refractivity contribution in [2.45, 2.75) is 45.1 Å². The SMILES string of the molecule is Cc1cc(NC(=O)N2CC3C[C@@H]4CC2C[C@H](C3)C4)no1. The largest absolute Gasteiger partial charge is 0.360 e. The molecule has 2 aliphatic heterocycles. The maximum absolute atomic E-state index is 12.5. The lowest BCUT2D eigenvalue weighted by Gasteiger charge is -2.38. The molecule has 1 aromatic heterocycles. The zero-order chi connectivity index (χ0) is 13.7. The van der Waals surface area contributed by atoms with E-state index in [1.807, 2.05) is 6.92 Å². The van der Waals surface area contributed by atoms with Crippen molar-refractivity contribution in [2.75, 3.05) is 11.9 Å². The fourth-order valence-corrected chi connectivity index (χ4v) is 4.64. The minimum Gasteiger partial charge on any atom is -0.360 e. The first-order valence-corrected chi connectivity index (χ1v) is 7.68. The number of aryl methyl sites for hydroxylation is 1. The van der Waals surface area contributed by atoms with Crippen molar-refractivity contribution >= 4 is 11.8 Å². The molecule has 4 atom stereocenters. The molecule has 2 saturated heterocycles. The van der Waals surface area contributed by atoms with E-state index in [4.69, 9.17) is 4.52 Å². The molecular formula is C15H21N3O2. The lowest BCUT2D eigenvalue weighted by molar-refractivity contribution is 0.136. The number of urea groups is 1. The van der Waals surface area contributed by atoms with Gasteiger partial charge < -0.3 is 9.42 Å². The van der Waals surface area contributed by atoms with Gasteiger partial charge in [0.1, 0.15) is 5.76 Å². The topological polar surface area (TPSA) is 58.4 Å². The number of amides is 2. The lowest BCUT2D eigenvalue weighted by Crippen LogP contribution is -2.44. The molecule has 5 heteroatoms. The number of aromatic nitrogens is 1. The van der Waals surface area contributed by atoms with Crippen LogP contribution in [0, 0.1) is 24.7 Å². The van der Waals surface area contributed by atoms with Gasteiger partial charge in [0, 0.05) is 18.7 Å². The molecule has 0 radical (unpaired) electrons. The van der Waals surface area contributed by atoms with Crippen LogP contribution in [0.25, 0.3) is 0 Å². The molecule has 2 aliphatic carbocycles. The van der Waals surface area contributed by atoms with Crippen molar-refractivity contribution < 1.29 is 9.32 Å². The highest BCUT2D eigenvalue weighted by molar-refractivity contribution is 5.88. The fourth-order valence-electron chi connectivity index (χ4n) is 4.64. The molecular weight excluding hydrogens is 254 g/mol. The lowest BCUT2D eigenvalue weighted by atomic mass is 9.68. The summed E-state index contributed by atoms with van der Waals surface area (Å²) in [7, 11) is 0. The van der Waals surface area contributed by atoms with Crippen LogP contribution < -0.4 is 5.32 Å². The molecule has 2 unspecified atom stereocenters. The molecule has 4 bridgehead atoms. The summed E-state index contributed by atoms with van der Waals surface area (Å²) in [4.78, 5) is 14.6. The van der Waals surface area contributed by atoms with Gasteiger partial charge in [-0.2, -0.15) is 0 Å². The molecule has 1 N–H and O–H groups in total. The van der Waals surface area contributed by atoms with Gasteiger partial charge in [-0.3, -0.25) is 5.32 Å². The van der Waals surface area contributed by atoms with Crippen LogP contribution in [0.1, 0.15) is 37.9 Å². The third-order valence-electron chi connectivity index (χ3n) is 5.23. The molecule has 3 heterocycles. The van der Waals surface area contributed by atoms with Gasteiger partial charge in [0.25, 0.3) is 0 Å². The number of carbonyl (C=O) groups excluding carboxylic acids is 1. The van der Waals surface area contributed by atoms with Gasteiger partial charge in [0.2, 0.25) is 0 Å². The third kappa shape index (κ3) is 2.09. The normalized spacial score (nSPS) is 35.1. The van der Waals surface area contributed by atoms with Gasteiger partial charge in [-0.15, -0.1) is 0 Å². The minimum absolute atomic E-state index is 0.00324. The second-order valence-electron chi connectivity index (χ2n) is 6.84. The molecule has 4 fully saturated rings. The zero-order valence-electron chi connectivity index (χ0n) is 11.8. The average molecular weight is 275 g/mol. The Hall–Kier alpha value is -1.52. The highest BCUT2D eigenvalue weighted by atomic mass is 16.5. The standard InChI is InChI=1S/C15H21N3O2/c1-9-2-14(17-20-9)16-15(19)18-8-12-4-10-3-11(5-12)7-13(18)6-10/h2,10-13H,3-8H2,1H3,(H,16,17,19)/t10-,11+,12?,13?. The van der Waals surface area contributed by atoms with Crippen molar-refractivity contribution in [3.05, 3.63) is 11.8 Å². The summed E-state index contributed by atoms with van der Waals surface area (Å²) >= 11 is 0. The van der Waals surface area contributed by atoms with Gasteiger partial charge in [-0.05, 0) is 56.8 Å². The minimum atomic E-state index is -0.00324. The van der Waals surface area contributed by atoms with E-state index in [9.17, 15) is 4.79 Å². The van der Waals surface area contributed by atoms with Crippen molar-refractivity contribution in [3.8, 4) is 0 Å². The Bertz CT molecular complexity index is 513. The fraction of sp³-hybridized carbons (Fsp3) is 0.733. The molecule has 1 aromatic rings. The van der Waals surface area contributed by atoms with Crippen molar-refractivity contribution in [1.29, 1.82) is 0 Å². The maximum atomic E-state index is 12.5. The number of nitrogens with zero attached hydrogens (tertiary/aromatic N) is 2. The Morgan fingerprint density at radius 2 is 1.95 bits per heavy atom. The van der Waals surface area contributed by atoms with Crippen molar-refractivity contribution in [2.24, 2.45) is 17.8 Å². The number of carbonyl (C=O) groups is 1. The number of hydrogen-bond acceptors (Lipinski definition) is 3. The first-order valence-electron chi connectivity index (χ1n) is 7.68. The molecule has 5 rings (SSSR count). The Balaban J connectivity index is 1.51. The van der Waals surface area contributed by atoms with E-state index in [1.54, 1.807) is 6.07 Å². The molecule has 2 amide bonds. The Morgan fingerprint density at radius 3 is 2.60 bits per heavy atom. The number of fused-ring (bicyclic) bond motifs is 1. The van der Waals surface area contributed by atoms with E-state index >= 15 is 0 Å². The Labute approximate surface area is 118 Å². The zero-order valence-corrected chi connectivity index (χ0v) is 11.8. The van der Waals surface area contributed by atoms with Crippen molar-refractivity contribution in [1.82, 2.24) is 10.1 Å². The number of rotatable bonds is 1. The summed E-state index contributed by atoms with van der Waals surface area (Å²) < 4.78 is 5.00. The molecule has 5 nitrogen and oxygen atoms in total. The summed E-state index contributed by atoms with van der Waals surface area (Å²) in [5, 5.41) is 6.73. The third-order valence-corrected chi connectivity index (χ3v) is 5.23. The molecule has 20 heavy (non-hydrogen) atoms. The van der Waals surface area contributed by atoms with Crippen LogP contribution >= 0.6 is 0 Å². The van der Waals surface area contributed by atoms with Crippen molar-refractivity contribution in [3.63, 3.8) is 0 Å². The number of anilines is 1. The highest BCUT2D eigenvalue weighted by Crippen LogP contribution is 2.47. The predicted octanol–water partition coefficient (Wildman–Crippen LogP) is 3.03. The molecule has 2 saturated carbocycles. The van der Waals surface area contributed by atoms with Gasteiger partial charge in [-0.1, -0.05) is 5.16 Å². The first-order chi connectivity index (χ1) is 9.67. The smallest absolute Gasteiger partial charge is 0.323 e. The molecule has 0 aromatic carbocycles. The summed E-state index contributed by atoms with van der Waals surface area (Å²) in [6.45, 7) is 2.75. The first kappa shape index (κ1) is 12.2. The van der Waals surface area contributed by atoms with Crippen LogP contribution in [0.15, 0.2) is 10.6 Å². The number of nitrogens with one attached hydrogen (secondary N) is 1. The van der Waals surface area contributed by atoms with Gasteiger partial charge in [0.05, 0.1) is 0 Å². The van der Waals surface area contributed by atoms with E-state index in [1.165, 1.54) is 32.1 Å². The van der Waals surface area contributed by atoms with Gasteiger partial charge >= 0.3 is 6.03 Å². The Kier molecular flexibility index (Phi) is 2.75. The van der Waals surface area contributed by atoms with Crippen LogP contribution in [0.4, 0.5) is 10.6 Å². The second-order valence-corrected chi connectivity index (χ2v) is 6.84. The van der Waals surface area contributed by atoms with E-state index in [2.05, 4.69) is 15.4 Å². The maximum Gasteiger partial charge on any atom is 0.323 e. The molecule has 4 aliphatic rings. The monoisotopic (exact) mass is 275 g/mol. The average Bonchev–Trinajstić information content (AvgIpc) is 2.69. The summed E-state index contributed by atoms with van der Waals surface area (Å²) in [6.07, 6.45) is 6.42. The van der Waals surface area contributed by atoms with Crippen LogP contribution in [0.2, 0.25) is 0 Å². The van der Waals surface area contributed by atoms with E-state index in [-0.39, 0.29) is 6.03 Å². The molecule has 0 spiro atoms. The highest BCUT2D eigenvalue weighted by Gasteiger charge is 2.44. The quantitative estimate of drug-likeness (QED) is 0.857. The summed E-state index contributed by atoms with van der Waals surface area (Å²) in [5.41, 5.74) is 0. The second kappa shape index (κ2) is 4.50. The Morgan fingerprint density at radius 1 is 1.25 bits per heavy atom. The van der Waals surface area contributed by atoms with Gasteiger partial charge in [-0.25, -0.2) is 4.79 Å². The van der Waals surface area contributed by atoms with Crippen LogP contribution in [0.5, 0.6) is 0 Å². The van der Waals surface area contributed by atoms with E-state index in [0.29, 0.717) is 17.8 Å². The van der Waals surface area contributed by atoms with E-state index in [0.717, 1.165) is 24.1 Å². The van der Waals surface area contributed by atoms with Crippen LogP contribution in [-0.2, 0) is 0 Å². The predicted molar refractivity (Wildman–Crippen MR) is 74.3 cm³/mol. The van der Waals surface area contributed by atoms with Crippen LogP contribution in [0.3, 0.4) is 0 Å².